The van der Waals surface area contributed by atoms with Crippen LogP contribution < -0.4 is 11.1 Å². The first-order valence-corrected chi connectivity index (χ1v) is 8.60. The molecule has 2 rings (SSSR count). The molecule has 1 amide bonds. The number of rotatable bonds is 6. The van der Waals surface area contributed by atoms with Crippen molar-refractivity contribution in [2.75, 3.05) is 26.2 Å². The predicted molar refractivity (Wildman–Crippen MR) is 105 cm³/mol. The van der Waals surface area contributed by atoms with Crippen molar-refractivity contribution < 1.29 is 18.0 Å². The molecule has 1 fully saturated rings. The van der Waals surface area contributed by atoms with Crippen LogP contribution in [0.2, 0.25) is 0 Å². The van der Waals surface area contributed by atoms with Crippen molar-refractivity contribution in [1.29, 1.82) is 0 Å². The Labute approximate surface area is 170 Å². The number of nitrogens with zero attached hydrogens (tertiary/aromatic N) is 1. The lowest BCUT2D eigenvalue weighted by Crippen LogP contribution is -2.49. The summed E-state index contributed by atoms with van der Waals surface area (Å²) in [6.07, 6.45) is -1.92. The molecule has 1 saturated heterocycles. The molecule has 0 aliphatic carbocycles. The minimum Gasteiger partial charge on any atom is -0.354 e. The zero-order valence-electron chi connectivity index (χ0n) is 15.3. The molecule has 1 unspecified atom stereocenters. The summed E-state index contributed by atoms with van der Waals surface area (Å²) in [6, 6.07) is 9.17. The molecule has 1 aliphatic rings. The average Bonchev–Trinajstić information content (AvgIpc) is 2.56. The highest BCUT2D eigenvalue weighted by molar-refractivity contribution is 5.87. The van der Waals surface area contributed by atoms with Crippen molar-refractivity contribution in [3.05, 3.63) is 35.9 Å². The predicted octanol–water partition coefficient (Wildman–Crippen LogP) is 3.48. The van der Waals surface area contributed by atoms with E-state index in [0.29, 0.717) is 25.6 Å². The van der Waals surface area contributed by atoms with E-state index in [2.05, 4.69) is 5.32 Å². The molecule has 0 radical (unpaired) electrons. The Hall–Kier alpha value is -1.02. The topological polar surface area (TPSA) is 58.4 Å². The molecule has 0 bridgehead atoms. The molecule has 0 spiro atoms. The Kier molecular flexibility index (Phi) is 10.7. The van der Waals surface area contributed by atoms with Crippen LogP contribution >= 0.6 is 24.8 Å². The highest BCUT2D eigenvalue weighted by Crippen LogP contribution is 2.24. The number of alkyl halides is 3. The number of amides is 1. The Morgan fingerprint density at radius 3 is 2.26 bits per heavy atom. The summed E-state index contributed by atoms with van der Waals surface area (Å²) < 4.78 is 37.1. The van der Waals surface area contributed by atoms with E-state index in [1.54, 1.807) is 6.92 Å². The van der Waals surface area contributed by atoms with E-state index < -0.39 is 18.3 Å². The van der Waals surface area contributed by atoms with Crippen molar-refractivity contribution in [2.24, 2.45) is 11.7 Å². The molecule has 0 saturated carbocycles. The fraction of sp³-hybridized carbons (Fsp3) is 0.611. The van der Waals surface area contributed by atoms with Crippen LogP contribution in [-0.4, -0.2) is 43.2 Å². The number of hydrogen-bond donors (Lipinski definition) is 2. The van der Waals surface area contributed by atoms with Crippen molar-refractivity contribution in [2.45, 2.75) is 37.9 Å². The summed E-state index contributed by atoms with van der Waals surface area (Å²) in [5.41, 5.74) is 5.80. The summed E-state index contributed by atoms with van der Waals surface area (Å²) in [5.74, 6) is 0.0961. The molecule has 156 valence electrons. The van der Waals surface area contributed by atoms with E-state index in [4.69, 9.17) is 5.73 Å². The Bertz CT molecular complexity index is 563. The zero-order chi connectivity index (χ0) is 18.5. The summed E-state index contributed by atoms with van der Waals surface area (Å²) in [4.78, 5) is 13.8. The molecule has 1 atom stereocenters. The first-order chi connectivity index (χ1) is 11.7. The third-order valence-corrected chi connectivity index (χ3v) is 4.79. The van der Waals surface area contributed by atoms with Crippen LogP contribution in [0.1, 0.15) is 31.7 Å². The monoisotopic (exact) mass is 429 g/mol. The summed E-state index contributed by atoms with van der Waals surface area (Å²) in [5, 5.41) is 2.86. The van der Waals surface area contributed by atoms with E-state index in [1.807, 2.05) is 30.3 Å². The number of piperidine rings is 1. The van der Waals surface area contributed by atoms with Crippen LogP contribution in [0.25, 0.3) is 0 Å². The Balaban J connectivity index is 0.00000338. The van der Waals surface area contributed by atoms with Gasteiger partial charge in [-0.3, -0.25) is 9.69 Å². The first kappa shape index (κ1) is 26.0. The van der Waals surface area contributed by atoms with Crippen LogP contribution in [0.4, 0.5) is 13.2 Å². The van der Waals surface area contributed by atoms with Crippen molar-refractivity contribution >= 4 is 30.7 Å². The van der Waals surface area contributed by atoms with Gasteiger partial charge in [-0.1, -0.05) is 30.3 Å². The fourth-order valence-electron chi connectivity index (χ4n) is 3.18. The molecule has 0 aromatic heterocycles. The van der Waals surface area contributed by atoms with Gasteiger partial charge in [0.2, 0.25) is 5.91 Å². The van der Waals surface area contributed by atoms with E-state index in [0.717, 1.165) is 24.8 Å². The molecule has 1 heterocycles. The van der Waals surface area contributed by atoms with Crippen LogP contribution in [0, 0.1) is 5.92 Å². The second-order valence-electron chi connectivity index (χ2n) is 6.95. The van der Waals surface area contributed by atoms with Gasteiger partial charge in [0.15, 0.2) is 0 Å². The number of carbonyl (C=O) groups is 1. The normalized spacial score (nSPS) is 18.0. The highest BCUT2D eigenvalue weighted by Gasteiger charge is 2.33. The van der Waals surface area contributed by atoms with Gasteiger partial charge < -0.3 is 11.1 Å². The first-order valence-electron chi connectivity index (χ1n) is 8.60. The lowest BCUT2D eigenvalue weighted by Gasteiger charge is -2.32. The standard InChI is InChI=1S/C18H26F3N3O.2ClH/c1-17(22,15-5-3-2-4-6-15)16(25)23-10-7-14-8-11-24(12-9-14)13-18(19,20)21;;/h2-6,14H,7-13,22H2,1H3,(H,23,25);2*1H. The van der Waals surface area contributed by atoms with E-state index in [-0.39, 0.29) is 30.7 Å². The number of nitrogens with one attached hydrogen (secondary N) is 1. The van der Waals surface area contributed by atoms with Gasteiger partial charge in [0.1, 0.15) is 5.54 Å². The maximum Gasteiger partial charge on any atom is 0.401 e. The SMILES string of the molecule is CC(N)(C(=O)NCCC1CCN(CC(F)(F)F)CC1)c1ccccc1.Cl.Cl. The molecule has 27 heavy (non-hydrogen) atoms. The van der Waals surface area contributed by atoms with Crippen molar-refractivity contribution in [1.82, 2.24) is 10.2 Å². The van der Waals surface area contributed by atoms with Crippen molar-refractivity contribution in [3.8, 4) is 0 Å². The second kappa shape index (κ2) is 11.1. The lowest BCUT2D eigenvalue weighted by atomic mass is 9.91. The summed E-state index contributed by atoms with van der Waals surface area (Å²) >= 11 is 0. The fourth-order valence-corrected chi connectivity index (χ4v) is 3.18. The maximum atomic E-state index is 12.4. The number of carbonyl (C=O) groups excluding carboxylic acids is 1. The number of hydrogen-bond acceptors (Lipinski definition) is 3. The Morgan fingerprint density at radius 2 is 1.74 bits per heavy atom. The minimum atomic E-state index is -4.14. The highest BCUT2D eigenvalue weighted by atomic mass is 35.5. The van der Waals surface area contributed by atoms with E-state index in [9.17, 15) is 18.0 Å². The number of nitrogens with two attached hydrogens (primary N) is 1. The van der Waals surface area contributed by atoms with Crippen LogP contribution in [0.5, 0.6) is 0 Å². The van der Waals surface area contributed by atoms with Crippen LogP contribution in [0.3, 0.4) is 0 Å². The maximum absolute atomic E-state index is 12.4. The van der Waals surface area contributed by atoms with Gasteiger partial charge in [-0.25, -0.2) is 0 Å². The van der Waals surface area contributed by atoms with Gasteiger partial charge in [-0.2, -0.15) is 13.2 Å². The number of halogens is 5. The van der Waals surface area contributed by atoms with Crippen molar-refractivity contribution in [3.63, 3.8) is 0 Å². The smallest absolute Gasteiger partial charge is 0.354 e. The van der Waals surface area contributed by atoms with Gasteiger partial charge in [-0.15, -0.1) is 24.8 Å². The zero-order valence-corrected chi connectivity index (χ0v) is 16.9. The van der Waals surface area contributed by atoms with Gasteiger partial charge in [0, 0.05) is 6.54 Å². The third kappa shape index (κ3) is 8.25. The number of benzene rings is 1. The largest absolute Gasteiger partial charge is 0.401 e. The van der Waals surface area contributed by atoms with E-state index >= 15 is 0 Å². The van der Waals surface area contributed by atoms with E-state index in [1.165, 1.54) is 4.90 Å². The minimum absolute atomic E-state index is 0. The molecule has 4 nitrogen and oxygen atoms in total. The molecular weight excluding hydrogens is 402 g/mol. The molecule has 1 aliphatic heterocycles. The van der Waals surface area contributed by atoms with Crippen LogP contribution in [0.15, 0.2) is 30.3 Å². The molecule has 1 aromatic rings. The quantitative estimate of drug-likeness (QED) is 0.727. The summed E-state index contributed by atoms with van der Waals surface area (Å²) in [6.45, 7) is 2.24. The Morgan fingerprint density at radius 1 is 1.19 bits per heavy atom. The summed E-state index contributed by atoms with van der Waals surface area (Å²) in [7, 11) is 0. The van der Waals surface area contributed by atoms with Crippen LogP contribution in [-0.2, 0) is 10.3 Å². The van der Waals surface area contributed by atoms with Gasteiger partial charge in [-0.05, 0) is 50.8 Å². The lowest BCUT2D eigenvalue weighted by molar-refractivity contribution is -0.148. The van der Waals surface area contributed by atoms with Gasteiger partial charge >= 0.3 is 6.18 Å². The average molecular weight is 430 g/mol. The third-order valence-electron chi connectivity index (χ3n) is 4.79. The van der Waals surface area contributed by atoms with Gasteiger partial charge in [0.25, 0.3) is 0 Å². The molecule has 9 heteroatoms. The number of likely N-dealkylation sites (tertiary alicyclic amines) is 1. The molecule has 1 aromatic carbocycles. The molecular formula is C18H28Cl2F3N3O. The molecule has 3 N–H and O–H groups in total. The second-order valence-corrected chi connectivity index (χ2v) is 6.95. The van der Waals surface area contributed by atoms with Gasteiger partial charge in [0.05, 0.1) is 6.54 Å².